The number of ketones is 1. The normalized spacial score (nSPS) is 12.8. The van der Waals surface area contributed by atoms with Crippen LogP contribution in [-0.2, 0) is 16.8 Å². The maximum absolute atomic E-state index is 13.5. The summed E-state index contributed by atoms with van der Waals surface area (Å²) in [6.45, 7) is 9.92. The molecule has 2 aromatic rings. The van der Waals surface area contributed by atoms with Gasteiger partial charge in [0.2, 0.25) is 0 Å². The van der Waals surface area contributed by atoms with Gasteiger partial charge in [-0.25, -0.2) is 0 Å². The minimum absolute atomic E-state index is 0.0177. The average molecular weight is 509 g/mol. The standard InChI is InChI=1S/C28H36N4O5/c1-9-36-24-12-18-14-32(26(29)19(18)13-20(24)27(35)30-6)15-23(34)17-10-21(28(3,4)5)25(37-16(2)33)22(11-17)31(7)8/h10-13,29H,9,14-15H2,1-8H3,(H,30,35). The molecule has 0 bridgehead atoms. The van der Waals surface area contributed by atoms with Crippen molar-refractivity contribution >= 4 is 29.2 Å². The molecule has 9 heteroatoms. The van der Waals surface area contributed by atoms with Gasteiger partial charge in [-0.05, 0) is 42.2 Å². The van der Waals surface area contributed by atoms with Crippen LogP contribution in [0.25, 0.3) is 0 Å². The van der Waals surface area contributed by atoms with E-state index < -0.39 is 11.4 Å². The first-order valence-corrected chi connectivity index (χ1v) is 12.2. The molecule has 1 amide bonds. The first-order chi connectivity index (χ1) is 17.3. The number of amides is 1. The first-order valence-electron chi connectivity index (χ1n) is 12.2. The highest BCUT2D eigenvalue weighted by Crippen LogP contribution is 2.40. The van der Waals surface area contributed by atoms with Crippen molar-refractivity contribution in [3.05, 3.63) is 52.1 Å². The zero-order valence-corrected chi connectivity index (χ0v) is 22.9. The fraction of sp³-hybridized carbons (Fsp3) is 0.429. The number of Topliss-reactive ketones (excluding diaryl/α,β-unsaturated/α-hetero) is 1. The third kappa shape index (κ3) is 5.76. The second kappa shape index (κ2) is 10.6. The van der Waals surface area contributed by atoms with Gasteiger partial charge in [0.15, 0.2) is 11.5 Å². The lowest BCUT2D eigenvalue weighted by Gasteiger charge is -2.27. The Morgan fingerprint density at radius 2 is 1.81 bits per heavy atom. The van der Waals surface area contributed by atoms with Crippen LogP contribution in [0.5, 0.6) is 11.5 Å². The number of carbonyl (C=O) groups is 3. The Bertz CT molecular complexity index is 1260. The third-order valence-electron chi connectivity index (χ3n) is 6.17. The van der Waals surface area contributed by atoms with Crippen LogP contribution in [0, 0.1) is 5.41 Å². The van der Waals surface area contributed by atoms with Crippen molar-refractivity contribution < 1.29 is 23.9 Å². The number of hydrogen-bond acceptors (Lipinski definition) is 7. The molecule has 0 radical (unpaired) electrons. The molecule has 2 N–H and O–H groups in total. The number of nitrogens with one attached hydrogen (secondary N) is 2. The fourth-order valence-corrected chi connectivity index (χ4v) is 4.33. The van der Waals surface area contributed by atoms with Crippen molar-refractivity contribution in [2.24, 2.45) is 0 Å². The molecule has 2 aromatic carbocycles. The van der Waals surface area contributed by atoms with Crippen LogP contribution in [0.1, 0.15) is 72.0 Å². The van der Waals surface area contributed by atoms with Crippen molar-refractivity contribution in [2.45, 2.75) is 46.6 Å². The number of amidine groups is 1. The van der Waals surface area contributed by atoms with Gasteiger partial charge in [-0.3, -0.25) is 19.8 Å². The van der Waals surface area contributed by atoms with Gasteiger partial charge in [0.1, 0.15) is 11.6 Å². The monoisotopic (exact) mass is 508 g/mol. The van der Waals surface area contributed by atoms with Gasteiger partial charge in [-0.15, -0.1) is 0 Å². The molecular formula is C28H36N4O5. The average Bonchev–Trinajstić information content (AvgIpc) is 3.11. The van der Waals surface area contributed by atoms with E-state index in [1.54, 1.807) is 36.2 Å². The second-order valence-electron chi connectivity index (χ2n) is 10.3. The number of hydrogen-bond donors (Lipinski definition) is 2. The third-order valence-corrected chi connectivity index (χ3v) is 6.17. The maximum atomic E-state index is 13.5. The quantitative estimate of drug-likeness (QED) is 0.317. The molecule has 0 atom stereocenters. The zero-order chi connectivity index (χ0) is 27.7. The molecule has 1 heterocycles. The largest absolute Gasteiger partial charge is 0.493 e. The van der Waals surface area contributed by atoms with E-state index in [1.807, 2.05) is 46.7 Å². The summed E-state index contributed by atoms with van der Waals surface area (Å²) in [5, 5.41) is 11.3. The SMILES string of the molecule is CCOc1cc2c(cc1C(=O)NC)C(=N)N(CC(=O)c1cc(N(C)C)c(OC(C)=O)c(C(C)(C)C)c1)C2. The fourth-order valence-electron chi connectivity index (χ4n) is 4.33. The van der Waals surface area contributed by atoms with Gasteiger partial charge in [0.05, 0.1) is 24.4 Å². The molecule has 0 fully saturated rings. The minimum atomic E-state index is -0.432. The molecule has 0 saturated heterocycles. The Kier molecular flexibility index (Phi) is 7.95. The number of anilines is 1. The highest BCUT2D eigenvalue weighted by Gasteiger charge is 2.31. The molecule has 0 saturated carbocycles. The predicted octanol–water partition coefficient (Wildman–Crippen LogP) is 3.76. The molecule has 0 unspecified atom stereocenters. The molecule has 3 rings (SSSR count). The summed E-state index contributed by atoms with van der Waals surface area (Å²) in [5.41, 5.74) is 3.22. The molecule has 1 aliphatic rings. The summed E-state index contributed by atoms with van der Waals surface area (Å²) in [4.78, 5) is 41.2. The van der Waals surface area contributed by atoms with E-state index in [1.165, 1.54) is 6.92 Å². The number of carbonyl (C=O) groups excluding carboxylic acids is 3. The molecule has 1 aliphatic heterocycles. The number of benzene rings is 2. The van der Waals surface area contributed by atoms with Gasteiger partial charge in [0, 0.05) is 51.3 Å². The van der Waals surface area contributed by atoms with E-state index in [-0.39, 0.29) is 24.1 Å². The van der Waals surface area contributed by atoms with E-state index in [9.17, 15) is 14.4 Å². The van der Waals surface area contributed by atoms with E-state index in [0.29, 0.717) is 47.0 Å². The summed E-state index contributed by atoms with van der Waals surface area (Å²) in [7, 11) is 5.20. The van der Waals surface area contributed by atoms with Crippen molar-refractivity contribution in [3.8, 4) is 11.5 Å². The molecule has 0 spiro atoms. The Labute approximate surface area is 218 Å². The summed E-state index contributed by atoms with van der Waals surface area (Å²) in [6.07, 6.45) is 0. The smallest absolute Gasteiger partial charge is 0.308 e. The second-order valence-corrected chi connectivity index (χ2v) is 10.3. The van der Waals surface area contributed by atoms with Gasteiger partial charge in [0.25, 0.3) is 5.91 Å². The van der Waals surface area contributed by atoms with Crippen LogP contribution in [0.2, 0.25) is 0 Å². The van der Waals surface area contributed by atoms with Crippen molar-refractivity contribution in [2.75, 3.05) is 39.2 Å². The topological polar surface area (TPSA) is 112 Å². The van der Waals surface area contributed by atoms with Crippen LogP contribution in [0.15, 0.2) is 24.3 Å². The summed E-state index contributed by atoms with van der Waals surface area (Å²) < 4.78 is 11.2. The van der Waals surface area contributed by atoms with Crippen LogP contribution in [0.4, 0.5) is 5.69 Å². The van der Waals surface area contributed by atoms with E-state index in [4.69, 9.17) is 14.9 Å². The van der Waals surface area contributed by atoms with Crippen molar-refractivity contribution in [1.29, 1.82) is 5.41 Å². The summed E-state index contributed by atoms with van der Waals surface area (Å²) in [6, 6.07) is 6.93. The van der Waals surface area contributed by atoms with Gasteiger partial charge >= 0.3 is 5.97 Å². The van der Waals surface area contributed by atoms with Crippen LogP contribution in [0.3, 0.4) is 0 Å². The zero-order valence-electron chi connectivity index (χ0n) is 22.9. The number of fused-ring (bicyclic) bond motifs is 1. The highest BCUT2D eigenvalue weighted by molar-refractivity contribution is 6.08. The molecule has 37 heavy (non-hydrogen) atoms. The van der Waals surface area contributed by atoms with Gasteiger partial charge in [-0.2, -0.15) is 0 Å². The van der Waals surface area contributed by atoms with E-state index >= 15 is 0 Å². The Balaban J connectivity index is 1.97. The Morgan fingerprint density at radius 3 is 2.35 bits per heavy atom. The van der Waals surface area contributed by atoms with Crippen LogP contribution in [-0.4, -0.2) is 62.7 Å². The lowest BCUT2D eigenvalue weighted by Crippen LogP contribution is -2.30. The summed E-state index contributed by atoms with van der Waals surface area (Å²) in [5.74, 6) is 0.168. The molecule has 9 nitrogen and oxygen atoms in total. The Hall–Kier alpha value is -3.88. The molecule has 198 valence electrons. The number of rotatable bonds is 8. The highest BCUT2D eigenvalue weighted by atomic mass is 16.5. The van der Waals surface area contributed by atoms with Crippen LogP contribution >= 0.6 is 0 Å². The number of ether oxygens (including phenoxy) is 2. The van der Waals surface area contributed by atoms with Crippen molar-refractivity contribution in [1.82, 2.24) is 10.2 Å². The lowest BCUT2D eigenvalue weighted by atomic mass is 9.84. The molecular weight excluding hydrogens is 472 g/mol. The lowest BCUT2D eigenvalue weighted by molar-refractivity contribution is -0.131. The Morgan fingerprint density at radius 1 is 1.14 bits per heavy atom. The predicted molar refractivity (Wildman–Crippen MR) is 143 cm³/mol. The summed E-state index contributed by atoms with van der Waals surface area (Å²) >= 11 is 0. The van der Waals surface area contributed by atoms with Crippen molar-refractivity contribution in [3.63, 3.8) is 0 Å². The molecule has 0 aliphatic carbocycles. The first kappa shape index (κ1) is 27.7. The van der Waals surface area contributed by atoms with E-state index in [0.717, 1.165) is 11.1 Å². The minimum Gasteiger partial charge on any atom is -0.493 e. The van der Waals surface area contributed by atoms with Gasteiger partial charge in [-0.1, -0.05) is 20.8 Å². The number of nitrogens with zero attached hydrogens (tertiary/aromatic N) is 2. The van der Waals surface area contributed by atoms with Gasteiger partial charge < -0.3 is 24.6 Å². The maximum Gasteiger partial charge on any atom is 0.308 e. The number of esters is 1. The molecule has 0 aromatic heterocycles. The van der Waals surface area contributed by atoms with Crippen LogP contribution < -0.4 is 19.7 Å². The van der Waals surface area contributed by atoms with E-state index in [2.05, 4.69) is 5.32 Å².